The molecule has 1 N–H and O–H groups in total. The molecule has 0 radical (unpaired) electrons. The summed E-state index contributed by atoms with van der Waals surface area (Å²) < 4.78 is 10.4. The lowest BCUT2D eigenvalue weighted by Gasteiger charge is -2.25. The number of rotatable bonds is 4. The standard InChI is InChI=1S/C11H12O4/c12-11(13)9-3-1-2-4-10(9)15-7-8-5-14-6-8/h1-4,8H,5-7H2,(H,12,13). The van der Waals surface area contributed by atoms with Crippen LogP contribution in [0.4, 0.5) is 0 Å². The molecule has 0 bridgehead atoms. The normalized spacial score (nSPS) is 15.7. The van der Waals surface area contributed by atoms with Gasteiger partial charge in [-0.3, -0.25) is 0 Å². The highest BCUT2D eigenvalue weighted by Crippen LogP contribution is 2.20. The van der Waals surface area contributed by atoms with Crippen LogP contribution in [0.2, 0.25) is 0 Å². The number of para-hydroxylation sites is 1. The largest absolute Gasteiger partial charge is 0.492 e. The van der Waals surface area contributed by atoms with Crippen molar-refractivity contribution in [3.8, 4) is 5.75 Å². The fraction of sp³-hybridized carbons (Fsp3) is 0.364. The van der Waals surface area contributed by atoms with Gasteiger partial charge >= 0.3 is 5.97 Å². The molecule has 2 rings (SSSR count). The highest BCUT2D eigenvalue weighted by atomic mass is 16.5. The zero-order valence-corrected chi connectivity index (χ0v) is 8.18. The van der Waals surface area contributed by atoms with Crippen molar-refractivity contribution in [1.29, 1.82) is 0 Å². The lowest BCUT2D eigenvalue weighted by Crippen LogP contribution is -2.32. The Labute approximate surface area is 87.4 Å². The second-order valence-corrected chi connectivity index (χ2v) is 3.52. The molecule has 1 fully saturated rings. The topological polar surface area (TPSA) is 55.8 Å². The fourth-order valence-corrected chi connectivity index (χ4v) is 1.36. The monoisotopic (exact) mass is 208 g/mol. The van der Waals surface area contributed by atoms with Crippen LogP contribution in [0.3, 0.4) is 0 Å². The van der Waals surface area contributed by atoms with E-state index in [1.54, 1.807) is 18.2 Å². The van der Waals surface area contributed by atoms with Crippen molar-refractivity contribution in [3.63, 3.8) is 0 Å². The first-order valence-corrected chi connectivity index (χ1v) is 4.80. The minimum absolute atomic E-state index is 0.206. The lowest BCUT2D eigenvalue weighted by molar-refractivity contribution is -0.0509. The number of aromatic carboxylic acids is 1. The minimum atomic E-state index is -0.963. The van der Waals surface area contributed by atoms with Crippen LogP contribution in [0, 0.1) is 5.92 Å². The summed E-state index contributed by atoms with van der Waals surface area (Å²) in [6.45, 7) is 1.93. The van der Waals surface area contributed by atoms with Crippen LogP contribution in [0.1, 0.15) is 10.4 Å². The van der Waals surface area contributed by atoms with E-state index in [0.717, 1.165) is 0 Å². The van der Waals surface area contributed by atoms with Gasteiger partial charge in [0.1, 0.15) is 11.3 Å². The van der Waals surface area contributed by atoms with Crippen LogP contribution in [-0.2, 0) is 4.74 Å². The van der Waals surface area contributed by atoms with Gasteiger partial charge in [0.2, 0.25) is 0 Å². The van der Waals surface area contributed by atoms with Crippen molar-refractivity contribution >= 4 is 5.97 Å². The summed E-state index contributed by atoms with van der Waals surface area (Å²) in [6, 6.07) is 6.65. The molecule has 15 heavy (non-hydrogen) atoms. The van der Waals surface area contributed by atoms with Gasteiger partial charge in [0.05, 0.1) is 19.8 Å². The third-order valence-corrected chi connectivity index (χ3v) is 2.30. The van der Waals surface area contributed by atoms with Crippen molar-refractivity contribution < 1.29 is 19.4 Å². The summed E-state index contributed by atoms with van der Waals surface area (Å²) in [5, 5.41) is 8.90. The third-order valence-electron chi connectivity index (χ3n) is 2.30. The highest BCUT2D eigenvalue weighted by Gasteiger charge is 2.20. The summed E-state index contributed by atoms with van der Waals surface area (Å²) in [5.41, 5.74) is 0.206. The summed E-state index contributed by atoms with van der Waals surface area (Å²) in [5.74, 6) is -0.140. The summed E-state index contributed by atoms with van der Waals surface area (Å²) in [7, 11) is 0. The van der Waals surface area contributed by atoms with Gasteiger partial charge in [0, 0.05) is 5.92 Å². The zero-order chi connectivity index (χ0) is 10.7. The third kappa shape index (κ3) is 2.27. The number of carboxylic acid groups (broad SMARTS) is 1. The molecule has 1 aromatic rings. The predicted molar refractivity (Wildman–Crippen MR) is 53.2 cm³/mol. The smallest absolute Gasteiger partial charge is 0.339 e. The Bertz CT molecular complexity index is 357. The molecular weight excluding hydrogens is 196 g/mol. The molecule has 1 aliphatic rings. The molecule has 0 atom stereocenters. The molecule has 0 spiro atoms. The van der Waals surface area contributed by atoms with Crippen LogP contribution >= 0.6 is 0 Å². The average Bonchev–Trinajstić information content (AvgIpc) is 2.16. The van der Waals surface area contributed by atoms with Gasteiger partial charge in [-0.25, -0.2) is 4.79 Å². The van der Waals surface area contributed by atoms with E-state index in [1.165, 1.54) is 6.07 Å². The lowest BCUT2D eigenvalue weighted by atomic mass is 10.1. The van der Waals surface area contributed by atoms with Crippen molar-refractivity contribution in [2.45, 2.75) is 0 Å². The highest BCUT2D eigenvalue weighted by molar-refractivity contribution is 5.90. The Hall–Kier alpha value is -1.55. The van der Waals surface area contributed by atoms with Gasteiger partial charge < -0.3 is 14.6 Å². The van der Waals surface area contributed by atoms with E-state index >= 15 is 0 Å². The van der Waals surface area contributed by atoms with Gasteiger partial charge in [-0.2, -0.15) is 0 Å². The summed E-state index contributed by atoms with van der Waals surface area (Å²) in [6.07, 6.45) is 0. The number of benzene rings is 1. The molecule has 80 valence electrons. The van der Waals surface area contributed by atoms with Crippen molar-refractivity contribution in [2.24, 2.45) is 5.92 Å². The van der Waals surface area contributed by atoms with E-state index in [2.05, 4.69) is 0 Å². The first-order valence-electron chi connectivity index (χ1n) is 4.80. The maximum Gasteiger partial charge on any atom is 0.339 e. The van der Waals surface area contributed by atoms with Crippen LogP contribution < -0.4 is 4.74 Å². The fourth-order valence-electron chi connectivity index (χ4n) is 1.36. The molecule has 4 nitrogen and oxygen atoms in total. The van der Waals surface area contributed by atoms with Crippen molar-refractivity contribution in [3.05, 3.63) is 29.8 Å². The maximum absolute atomic E-state index is 10.8. The van der Waals surface area contributed by atoms with Gasteiger partial charge in [0.15, 0.2) is 0 Å². The molecule has 0 aliphatic carbocycles. The molecule has 0 saturated carbocycles. The molecule has 0 amide bonds. The van der Waals surface area contributed by atoms with E-state index in [-0.39, 0.29) is 5.56 Å². The quantitative estimate of drug-likeness (QED) is 0.812. The molecule has 0 unspecified atom stereocenters. The van der Waals surface area contributed by atoms with Gasteiger partial charge in [-0.15, -0.1) is 0 Å². The van der Waals surface area contributed by atoms with Gasteiger partial charge in [0.25, 0.3) is 0 Å². The zero-order valence-electron chi connectivity index (χ0n) is 8.18. The van der Waals surface area contributed by atoms with Crippen LogP contribution in [0.25, 0.3) is 0 Å². The minimum Gasteiger partial charge on any atom is -0.492 e. The van der Waals surface area contributed by atoms with Gasteiger partial charge in [-0.1, -0.05) is 12.1 Å². The number of carboxylic acids is 1. The Morgan fingerprint density at radius 3 is 2.80 bits per heavy atom. The molecule has 1 aliphatic heterocycles. The van der Waals surface area contributed by atoms with Crippen LogP contribution in [0.15, 0.2) is 24.3 Å². The molecular formula is C11H12O4. The van der Waals surface area contributed by atoms with Crippen LogP contribution in [0.5, 0.6) is 5.75 Å². The second kappa shape index (κ2) is 4.31. The number of carbonyl (C=O) groups is 1. The van der Waals surface area contributed by atoms with Gasteiger partial charge in [-0.05, 0) is 12.1 Å². The number of hydrogen-bond acceptors (Lipinski definition) is 3. The van der Waals surface area contributed by atoms with E-state index in [0.29, 0.717) is 31.5 Å². The Balaban J connectivity index is 2.02. The Kier molecular flexibility index (Phi) is 2.87. The molecule has 0 aromatic heterocycles. The first kappa shape index (κ1) is 9.98. The van der Waals surface area contributed by atoms with E-state index in [9.17, 15) is 4.79 Å². The molecule has 1 aromatic carbocycles. The predicted octanol–water partition coefficient (Wildman–Crippen LogP) is 1.41. The summed E-state index contributed by atoms with van der Waals surface area (Å²) >= 11 is 0. The molecule has 1 heterocycles. The van der Waals surface area contributed by atoms with Crippen molar-refractivity contribution in [1.82, 2.24) is 0 Å². The SMILES string of the molecule is O=C(O)c1ccccc1OCC1COC1. The van der Waals surface area contributed by atoms with E-state index in [1.807, 2.05) is 0 Å². The Morgan fingerprint density at radius 2 is 2.20 bits per heavy atom. The first-order chi connectivity index (χ1) is 7.27. The second-order valence-electron chi connectivity index (χ2n) is 3.52. The van der Waals surface area contributed by atoms with Crippen LogP contribution in [-0.4, -0.2) is 30.9 Å². The molecule has 1 saturated heterocycles. The molecule has 4 heteroatoms. The maximum atomic E-state index is 10.8. The number of hydrogen-bond donors (Lipinski definition) is 1. The van der Waals surface area contributed by atoms with E-state index in [4.69, 9.17) is 14.6 Å². The number of ether oxygens (including phenoxy) is 2. The van der Waals surface area contributed by atoms with Crippen molar-refractivity contribution in [2.75, 3.05) is 19.8 Å². The summed E-state index contributed by atoms with van der Waals surface area (Å²) in [4.78, 5) is 10.8. The Morgan fingerprint density at radius 1 is 1.47 bits per heavy atom. The van der Waals surface area contributed by atoms with E-state index < -0.39 is 5.97 Å². The average molecular weight is 208 g/mol.